The molecule has 0 aliphatic carbocycles. The van der Waals surface area contributed by atoms with Crippen molar-refractivity contribution in [1.82, 2.24) is 4.90 Å². The second-order valence-corrected chi connectivity index (χ2v) is 8.82. The first-order chi connectivity index (χ1) is 16.2. The van der Waals surface area contributed by atoms with Crippen molar-refractivity contribution < 1.29 is 23.9 Å². The molecule has 1 aliphatic rings. The predicted molar refractivity (Wildman–Crippen MR) is 135 cm³/mol. The summed E-state index contributed by atoms with van der Waals surface area (Å²) in [6.07, 6.45) is 3.24. The van der Waals surface area contributed by atoms with Crippen LogP contribution in [0.15, 0.2) is 47.9 Å². The quantitative estimate of drug-likeness (QED) is 0.390. The van der Waals surface area contributed by atoms with E-state index in [1.54, 1.807) is 30.4 Å². The Morgan fingerprint density at radius 2 is 1.79 bits per heavy atom. The molecule has 0 saturated carbocycles. The van der Waals surface area contributed by atoms with Crippen LogP contribution in [-0.2, 0) is 9.59 Å². The van der Waals surface area contributed by atoms with Gasteiger partial charge in [-0.25, -0.2) is 0 Å². The number of carbonyl (C=O) groups excluding carboxylic acids is 3. The molecule has 2 aromatic rings. The maximum atomic E-state index is 12.9. The van der Waals surface area contributed by atoms with E-state index in [-0.39, 0.29) is 11.4 Å². The van der Waals surface area contributed by atoms with Gasteiger partial charge in [0.05, 0.1) is 11.5 Å². The Morgan fingerprint density at radius 1 is 1.09 bits per heavy atom. The van der Waals surface area contributed by atoms with Crippen LogP contribution in [0.3, 0.4) is 0 Å². The third-order valence-electron chi connectivity index (χ3n) is 5.04. The topological polar surface area (TPSA) is 84.9 Å². The summed E-state index contributed by atoms with van der Waals surface area (Å²) in [5, 5.41) is 2.35. The van der Waals surface area contributed by atoms with Crippen LogP contribution >= 0.6 is 11.8 Å². The van der Waals surface area contributed by atoms with Crippen molar-refractivity contribution in [3.63, 3.8) is 0 Å². The first-order valence-electron chi connectivity index (χ1n) is 10.9. The molecule has 1 saturated heterocycles. The Balaban J connectivity index is 1.74. The lowest BCUT2D eigenvalue weighted by Gasteiger charge is -2.16. The number of benzene rings is 2. The highest BCUT2D eigenvalue weighted by atomic mass is 32.2. The van der Waals surface area contributed by atoms with Gasteiger partial charge in [0.15, 0.2) is 11.5 Å². The molecule has 0 spiro atoms. The highest BCUT2D eigenvalue weighted by Gasteiger charge is 2.36. The number of imide groups is 1. The van der Waals surface area contributed by atoms with E-state index in [1.807, 2.05) is 39.8 Å². The molecule has 3 rings (SSSR count). The minimum Gasteiger partial charge on any atom is -0.490 e. The van der Waals surface area contributed by atoms with Gasteiger partial charge in [0.25, 0.3) is 11.1 Å². The smallest absolute Gasteiger partial charge is 0.294 e. The number of ether oxygens (including phenoxy) is 2. The number of anilines is 1. The molecule has 8 heteroatoms. The number of carbonyl (C=O) groups is 3. The molecule has 34 heavy (non-hydrogen) atoms. The summed E-state index contributed by atoms with van der Waals surface area (Å²) in [4.78, 5) is 39.2. The Bertz CT molecular complexity index is 1150. The lowest BCUT2D eigenvalue weighted by molar-refractivity contribution is -0.127. The van der Waals surface area contributed by atoms with Crippen molar-refractivity contribution in [1.29, 1.82) is 0 Å². The summed E-state index contributed by atoms with van der Waals surface area (Å²) in [6, 6.07) is 9.19. The third-order valence-corrected chi connectivity index (χ3v) is 5.95. The molecule has 1 fully saturated rings. The summed E-state index contributed by atoms with van der Waals surface area (Å²) in [5.74, 6) is 0.152. The van der Waals surface area contributed by atoms with Crippen molar-refractivity contribution in [3.05, 3.63) is 70.1 Å². The largest absolute Gasteiger partial charge is 0.490 e. The number of rotatable bonds is 9. The van der Waals surface area contributed by atoms with Crippen LogP contribution in [-0.4, -0.2) is 41.7 Å². The van der Waals surface area contributed by atoms with Gasteiger partial charge in [-0.2, -0.15) is 0 Å². The average molecular weight is 481 g/mol. The SMILES string of the molecule is C=CCOc1ccc(/C=C2/SC(=O)N(CC(=O)Nc3c(C)cc(C)cc3C)C2=O)cc1OCC. The van der Waals surface area contributed by atoms with E-state index in [1.165, 1.54) is 0 Å². The van der Waals surface area contributed by atoms with E-state index < -0.39 is 17.1 Å². The molecular weight excluding hydrogens is 452 g/mol. The van der Waals surface area contributed by atoms with Gasteiger partial charge in [0, 0.05) is 5.69 Å². The van der Waals surface area contributed by atoms with E-state index in [9.17, 15) is 14.4 Å². The fraction of sp³-hybridized carbons (Fsp3) is 0.269. The van der Waals surface area contributed by atoms with Gasteiger partial charge >= 0.3 is 0 Å². The molecule has 0 radical (unpaired) electrons. The zero-order valence-corrected chi connectivity index (χ0v) is 20.6. The predicted octanol–water partition coefficient (Wildman–Crippen LogP) is 5.25. The molecule has 7 nitrogen and oxygen atoms in total. The first-order valence-corrected chi connectivity index (χ1v) is 11.7. The standard InChI is InChI=1S/C26H28N2O5S/c1-6-10-33-20-9-8-19(13-21(20)32-7-2)14-22-25(30)28(26(31)34-22)15-23(29)27-24-17(4)11-16(3)12-18(24)5/h6,8-9,11-14H,1,7,10,15H2,2-5H3,(H,27,29)/b22-14+. The molecule has 1 aliphatic heterocycles. The van der Waals surface area contributed by atoms with Gasteiger partial charge in [-0.3, -0.25) is 19.3 Å². The number of thioether (sulfide) groups is 1. The Labute approximate surface area is 203 Å². The van der Waals surface area contributed by atoms with Gasteiger partial charge in [-0.15, -0.1) is 0 Å². The monoisotopic (exact) mass is 480 g/mol. The highest BCUT2D eigenvalue weighted by Crippen LogP contribution is 2.35. The van der Waals surface area contributed by atoms with Gasteiger partial charge < -0.3 is 14.8 Å². The van der Waals surface area contributed by atoms with Crippen LogP contribution in [0.25, 0.3) is 6.08 Å². The highest BCUT2D eigenvalue weighted by molar-refractivity contribution is 8.18. The normalized spacial score (nSPS) is 14.5. The summed E-state index contributed by atoms with van der Waals surface area (Å²) in [6.45, 7) is 11.7. The van der Waals surface area contributed by atoms with E-state index in [0.717, 1.165) is 33.4 Å². The van der Waals surface area contributed by atoms with E-state index in [4.69, 9.17) is 9.47 Å². The second-order valence-electron chi connectivity index (χ2n) is 7.83. The van der Waals surface area contributed by atoms with Crippen LogP contribution in [0.4, 0.5) is 10.5 Å². The van der Waals surface area contributed by atoms with Crippen LogP contribution in [0, 0.1) is 20.8 Å². The molecule has 2 aromatic carbocycles. The fourth-order valence-electron chi connectivity index (χ4n) is 3.64. The van der Waals surface area contributed by atoms with E-state index >= 15 is 0 Å². The number of amides is 3. The number of hydrogen-bond acceptors (Lipinski definition) is 6. The number of hydrogen-bond donors (Lipinski definition) is 1. The lowest BCUT2D eigenvalue weighted by Crippen LogP contribution is -2.36. The van der Waals surface area contributed by atoms with E-state index in [0.29, 0.717) is 36.0 Å². The van der Waals surface area contributed by atoms with Crippen LogP contribution in [0.5, 0.6) is 11.5 Å². The lowest BCUT2D eigenvalue weighted by atomic mass is 10.1. The Kier molecular flexibility index (Phi) is 8.17. The number of nitrogens with one attached hydrogen (secondary N) is 1. The van der Waals surface area contributed by atoms with E-state index in [2.05, 4.69) is 11.9 Å². The summed E-state index contributed by atoms with van der Waals surface area (Å²) < 4.78 is 11.2. The van der Waals surface area contributed by atoms with Crippen LogP contribution < -0.4 is 14.8 Å². The molecule has 1 heterocycles. The summed E-state index contributed by atoms with van der Waals surface area (Å²) in [7, 11) is 0. The maximum Gasteiger partial charge on any atom is 0.294 e. The summed E-state index contributed by atoms with van der Waals surface area (Å²) >= 11 is 0.804. The van der Waals surface area contributed by atoms with Crippen molar-refractivity contribution in [3.8, 4) is 11.5 Å². The zero-order chi connectivity index (χ0) is 24.8. The second kappa shape index (κ2) is 11.1. The number of aryl methyl sites for hydroxylation is 3. The van der Waals surface area contributed by atoms with Crippen LogP contribution in [0.1, 0.15) is 29.2 Å². The van der Waals surface area contributed by atoms with Gasteiger partial charge in [-0.05, 0) is 74.4 Å². The van der Waals surface area contributed by atoms with Gasteiger partial charge in [0.2, 0.25) is 5.91 Å². The molecule has 3 amide bonds. The first kappa shape index (κ1) is 25.1. The van der Waals surface area contributed by atoms with Gasteiger partial charge in [0.1, 0.15) is 13.2 Å². The molecule has 0 bridgehead atoms. The molecule has 1 N–H and O–H groups in total. The average Bonchev–Trinajstić information content (AvgIpc) is 3.03. The van der Waals surface area contributed by atoms with Crippen molar-refractivity contribution in [2.75, 3.05) is 25.1 Å². The minimum absolute atomic E-state index is 0.239. The number of nitrogens with zero attached hydrogens (tertiary/aromatic N) is 1. The maximum absolute atomic E-state index is 12.9. The molecule has 0 atom stereocenters. The molecule has 0 unspecified atom stereocenters. The van der Waals surface area contributed by atoms with Crippen molar-refractivity contribution in [2.24, 2.45) is 0 Å². The fourth-order valence-corrected chi connectivity index (χ4v) is 4.48. The van der Waals surface area contributed by atoms with Crippen LogP contribution in [0.2, 0.25) is 0 Å². The summed E-state index contributed by atoms with van der Waals surface area (Å²) in [5.41, 5.74) is 4.31. The Morgan fingerprint density at radius 3 is 2.44 bits per heavy atom. The minimum atomic E-state index is -0.507. The Hall–Kier alpha value is -3.52. The zero-order valence-electron chi connectivity index (χ0n) is 19.8. The molecular formula is C26H28N2O5S. The van der Waals surface area contributed by atoms with Crippen molar-refractivity contribution >= 4 is 40.6 Å². The van der Waals surface area contributed by atoms with Gasteiger partial charge in [-0.1, -0.05) is 36.4 Å². The molecule has 0 aromatic heterocycles. The van der Waals surface area contributed by atoms with Crippen molar-refractivity contribution in [2.45, 2.75) is 27.7 Å². The third kappa shape index (κ3) is 5.88. The molecule has 178 valence electrons.